The zero-order chi connectivity index (χ0) is 12.7. The minimum Gasteiger partial charge on any atom is -0.380 e. The van der Waals surface area contributed by atoms with Gasteiger partial charge in [-0.2, -0.15) is 0 Å². The summed E-state index contributed by atoms with van der Waals surface area (Å²) in [5.41, 5.74) is 1.15. The molecule has 0 aliphatic rings. The minimum absolute atomic E-state index is 0.181. The van der Waals surface area contributed by atoms with Gasteiger partial charge < -0.3 is 10.1 Å². The van der Waals surface area contributed by atoms with Gasteiger partial charge in [-0.1, -0.05) is 12.1 Å². The van der Waals surface area contributed by atoms with E-state index in [2.05, 4.69) is 19.2 Å². The lowest BCUT2D eigenvalue weighted by Crippen LogP contribution is -2.38. The van der Waals surface area contributed by atoms with E-state index in [1.807, 2.05) is 19.1 Å². The molecule has 17 heavy (non-hydrogen) atoms. The van der Waals surface area contributed by atoms with Gasteiger partial charge in [-0.25, -0.2) is 4.39 Å². The van der Waals surface area contributed by atoms with Crippen molar-refractivity contribution in [2.24, 2.45) is 0 Å². The molecular formula is C14H22FNO. The van der Waals surface area contributed by atoms with Gasteiger partial charge in [-0.05, 0) is 44.9 Å². The molecule has 2 atom stereocenters. The van der Waals surface area contributed by atoms with Gasteiger partial charge in [0, 0.05) is 18.7 Å². The standard InChI is InChI=1S/C14H22FNO/c1-4-17-10-12(3)16-11(2)9-13-5-7-14(15)8-6-13/h5-8,11-12,16H,4,9-10H2,1-3H3. The molecular weight excluding hydrogens is 217 g/mol. The van der Waals surface area contributed by atoms with Crippen molar-refractivity contribution in [3.05, 3.63) is 35.6 Å². The van der Waals surface area contributed by atoms with Gasteiger partial charge >= 0.3 is 0 Å². The third-order valence-corrected chi connectivity index (χ3v) is 2.60. The summed E-state index contributed by atoms with van der Waals surface area (Å²) in [7, 11) is 0. The van der Waals surface area contributed by atoms with E-state index in [-0.39, 0.29) is 5.82 Å². The first kappa shape index (κ1) is 14.1. The molecule has 0 aliphatic carbocycles. The van der Waals surface area contributed by atoms with E-state index in [4.69, 9.17) is 4.74 Å². The molecule has 2 unspecified atom stereocenters. The van der Waals surface area contributed by atoms with E-state index in [0.29, 0.717) is 12.1 Å². The van der Waals surface area contributed by atoms with Crippen molar-refractivity contribution in [1.82, 2.24) is 5.32 Å². The largest absolute Gasteiger partial charge is 0.380 e. The van der Waals surface area contributed by atoms with E-state index in [1.54, 1.807) is 0 Å². The fourth-order valence-electron chi connectivity index (χ4n) is 1.86. The normalized spacial score (nSPS) is 14.6. The molecule has 1 aromatic carbocycles. The Morgan fingerprint density at radius 2 is 1.82 bits per heavy atom. The number of hydrogen-bond donors (Lipinski definition) is 1. The van der Waals surface area contributed by atoms with Crippen LogP contribution >= 0.6 is 0 Å². The van der Waals surface area contributed by atoms with E-state index in [0.717, 1.165) is 25.2 Å². The Hall–Kier alpha value is -0.930. The van der Waals surface area contributed by atoms with E-state index in [9.17, 15) is 4.39 Å². The second kappa shape index (κ2) is 7.41. The Labute approximate surface area is 103 Å². The number of hydrogen-bond acceptors (Lipinski definition) is 2. The van der Waals surface area contributed by atoms with Crippen LogP contribution in [0.4, 0.5) is 4.39 Å². The van der Waals surface area contributed by atoms with Gasteiger partial charge in [-0.3, -0.25) is 0 Å². The summed E-state index contributed by atoms with van der Waals surface area (Å²) in [5, 5.41) is 3.46. The highest BCUT2D eigenvalue weighted by molar-refractivity contribution is 5.17. The van der Waals surface area contributed by atoms with Crippen LogP contribution in [0.3, 0.4) is 0 Å². The third kappa shape index (κ3) is 5.80. The molecule has 96 valence electrons. The summed E-state index contributed by atoms with van der Waals surface area (Å²) < 4.78 is 18.1. The number of ether oxygens (including phenoxy) is 1. The van der Waals surface area contributed by atoms with Crippen LogP contribution in [0.25, 0.3) is 0 Å². The van der Waals surface area contributed by atoms with Gasteiger partial charge in [0.2, 0.25) is 0 Å². The first-order chi connectivity index (χ1) is 8.11. The lowest BCUT2D eigenvalue weighted by Gasteiger charge is -2.19. The van der Waals surface area contributed by atoms with Crippen LogP contribution < -0.4 is 5.32 Å². The minimum atomic E-state index is -0.181. The topological polar surface area (TPSA) is 21.3 Å². The number of nitrogens with one attached hydrogen (secondary N) is 1. The van der Waals surface area contributed by atoms with Crippen molar-refractivity contribution in [1.29, 1.82) is 0 Å². The van der Waals surface area contributed by atoms with Gasteiger partial charge in [0.05, 0.1) is 6.61 Å². The number of benzene rings is 1. The van der Waals surface area contributed by atoms with Crippen molar-refractivity contribution < 1.29 is 9.13 Å². The van der Waals surface area contributed by atoms with Crippen molar-refractivity contribution in [2.75, 3.05) is 13.2 Å². The van der Waals surface area contributed by atoms with E-state index in [1.165, 1.54) is 12.1 Å². The molecule has 0 bridgehead atoms. The fourth-order valence-corrected chi connectivity index (χ4v) is 1.86. The number of halogens is 1. The zero-order valence-electron chi connectivity index (χ0n) is 10.9. The van der Waals surface area contributed by atoms with Gasteiger partial charge in [0.1, 0.15) is 5.82 Å². The molecule has 2 nitrogen and oxygen atoms in total. The quantitative estimate of drug-likeness (QED) is 0.790. The maximum absolute atomic E-state index is 12.7. The maximum Gasteiger partial charge on any atom is 0.123 e. The summed E-state index contributed by atoms with van der Waals surface area (Å²) in [6.07, 6.45) is 0.900. The monoisotopic (exact) mass is 239 g/mol. The highest BCUT2D eigenvalue weighted by atomic mass is 19.1. The lowest BCUT2D eigenvalue weighted by atomic mass is 10.1. The molecule has 0 aliphatic heterocycles. The molecule has 0 amide bonds. The highest BCUT2D eigenvalue weighted by Crippen LogP contribution is 2.06. The Bertz CT molecular complexity index is 313. The van der Waals surface area contributed by atoms with Crippen LogP contribution in [0.15, 0.2) is 24.3 Å². The SMILES string of the molecule is CCOCC(C)NC(C)Cc1ccc(F)cc1. The molecule has 0 fully saturated rings. The average molecular weight is 239 g/mol. The van der Waals surface area contributed by atoms with Gasteiger partial charge in [0.25, 0.3) is 0 Å². The van der Waals surface area contributed by atoms with Crippen LogP contribution in [0.5, 0.6) is 0 Å². The van der Waals surface area contributed by atoms with Crippen LogP contribution in [0.1, 0.15) is 26.3 Å². The summed E-state index contributed by atoms with van der Waals surface area (Å²) in [4.78, 5) is 0. The predicted molar refractivity (Wildman–Crippen MR) is 68.7 cm³/mol. The summed E-state index contributed by atoms with van der Waals surface area (Å²) in [6, 6.07) is 7.38. The smallest absolute Gasteiger partial charge is 0.123 e. The fraction of sp³-hybridized carbons (Fsp3) is 0.571. The maximum atomic E-state index is 12.7. The van der Waals surface area contributed by atoms with Gasteiger partial charge in [0.15, 0.2) is 0 Å². The summed E-state index contributed by atoms with van der Waals surface area (Å²) >= 11 is 0. The molecule has 3 heteroatoms. The van der Waals surface area contributed by atoms with E-state index < -0.39 is 0 Å². The van der Waals surface area contributed by atoms with Crippen molar-refractivity contribution in [3.8, 4) is 0 Å². The molecule has 1 aromatic rings. The van der Waals surface area contributed by atoms with Crippen LogP contribution in [-0.2, 0) is 11.2 Å². The molecule has 0 heterocycles. The first-order valence-electron chi connectivity index (χ1n) is 6.20. The molecule has 0 aromatic heterocycles. The Morgan fingerprint density at radius 3 is 2.41 bits per heavy atom. The van der Waals surface area contributed by atoms with Crippen molar-refractivity contribution >= 4 is 0 Å². The van der Waals surface area contributed by atoms with Crippen LogP contribution in [0.2, 0.25) is 0 Å². The predicted octanol–water partition coefficient (Wildman–Crippen LogP) is 2.77. The van der Waals surface area contributed by atoms with E-state index >= 15 is 0 Å². The van der Waals surface area contributed by atoms with Crippen molar-refractivity contribution in [3.63, 3.8) is 0 Å². The van der Waals surface area contributed by atoms with Gasteiger partial charge in [-0.15, -0.1) is 0 Å². The molecule has 0 saturated carbocycles. The zero-order valence-corrected chi connectivity index (χ0v) is 10.9. The second-order valence-corrected chi connectivity index (χ2v) is 4.46. The molecule has 0 radical (unpaired) electrons. The summed E-state index contributed by atoms with van der Waals surface area (Å²) in [6.45, 7) is 7.71. The Morgan fingerprint density at radius 1 is 1.18 bits per heavy atom. The summed E-state index contributed by atoms with van der Waals surface area (Å²) in [5.74, 6) is -0.181. The van der Waals surface area contributed by atoms with Crippen molar-refractivity contribution in [2.45, 2.75) is 39.3 Å². The highest BCUT2D eigenvalue weighted by Gasteiger charge is 2.08. The van der Waals surface area contributed by atoms with Crippen LogP contribution in [-0.4, -0.2) is 25.3 Å². The molecule has 1 N–H and O–H groups in total. The third-order valence-electron chi connectivity index (χ3n) is 2.60. The molecule has 1 rings (SSSR count). The Balaban J connectivity index is 2.33. The average Bonchev–Trinajstić information content (AvgIpc) is 2.29. The first-order valence-corrected chi connectivity index (χ1v) is 6.20. The lowest BCUT2D eigenvalue weighted by molar-refractivity contribution is 0.124. The van der Waals surface area contributed by atoms with Crippen LogP contribution in [0, 0.1) is 5.82 Å². The molecule has 0 saturated heterocycles. The second-order valence-electron chi connectivity index (χ2n) is 4.46. The number of rotatable bonds is 7. The Kier molecular flexibility index (Phi) is 6.16. The molecule has 0 spiro atoms.